The summed E-state index contributed by atoms with van der Waals surface area (Å²) in [4.78, 5) is 19.9. The third-order valence-electron chi connectivity index (χ3n) is 2.40. The van der Waals surface area contributed by atoms with Crippen LogP contribution >= 0.6 is 0 Å². The first-order valence-corrected chi connectivity index (χ1v) is 5.33. The summed E-state index contributed by atoms with van der Waals surface area (Å²) < 4.78 is 17.7. The summed E-state index contributed by atoms with van der Waals surface area (Å²) >= 11 is 0. The number of nitrogens with zero attached hydrogens (tertiary/aromatic N) is 2. The van der Waals surface area contributed by atoms with E-state index in [1.54, 1.807) is 12.1 Å². The maximum absolute atomic E-state index is 12.7. The van der Waals surface area contributed by atoms with E-state index in [4.69, 9.17) is 4.74 Å². The summed E-state index contributed by atoms with van der Waals surface area (Å²) in [7, 11) is 1.43. The molecule has 0 unspecified atom stereocenters. The van der Waals surface area contributed by atoms with Crippen molar-refractivity contribution >= 4 is 5.78 Å². The minimum absolute atomic E-state index is 0.134. The predicted molar refractivity (Wildman–Crippen MR) is 63.0 cm³/mol. The summed E-state index contributed by atoms with van der Waals surface area (Å²) in [6.07, 6.45) is 3.02. The highest BCUT2D eigenvalue weighted by molar-refractivity contribution is 5.97. The van der Waals surface area contributed by atoms with Gasteiger partial charge in [-0.3, -0.25) is 4.79 Å². The van der Waals surface area contributed by atoms with Crippen LogP contribution in [0.15, 0.2) is 36.7 Å². The van der Waals surface area contributed by atoms with Gasteiger partial charge in [0.25, 0.3) is 0 Å². The lowest BCUT2D eigenvalue weighted by Gasteiger charge is -2.04. The van der Waals surface area contributed by atoms with Crippen molar-refractivity contribution in [3.8, 4) is 5.88 Å². The predicted octanol–water partition coefficient (Wildman–Crippen LogP) is 2.05. The van der Waals surface area contributed by atoms with E-state index in [0.717, 1.165) is 0 Å². The van der Waals surface area contributed by atoms with Crippen LogP contribution in [-0.2, 0) is 6.42 Å². The molecule has 0 spiro atoms. The normalized spacial score (nSPS) is 10.1. The molecule has 0 aliphatic rings. The summed E-state index contributed by atoms with van der Waals surface area (Å²) in [6, 6.07) is 5.76. The smallest absolute Gasteiger partial charge is 0.243 e. The topological polar surface area (TPSA) is 52.1 Å². The number of halogens is 1. The van der Waals surface area contributed by atoms with Crippen LogP contribution < -0.4 is 4.74 Å². The molecule has 0 amide bonds. The zero-order valence-electron chi connectivity index (χ0n) is 9.76. The fourth-order valence-corrected chi connectivity index (χ4v) is 1.54. The second-order valence-electron chi connectivity index (χ2n) is 3.64. The van der Waals surface area contributed by atoms with E-state index < -0.39 is 0 Å². The van der Waals surface area contributed by atoms with Crippen molar-refractivity contribution in [3.05, 3.63) is 53.7 Å². The highest BCUT2D eigenvalue weighted by atomic mass is 19.1. The Labute approximate surface area is 103 Å². The standard InChI is InChI=1S/C13H11FN2O2/c1-18-13-12(15-6-7-16-13)11(17)8-9-2-4-10(14)5-3-9/h2-7H,8H2,1H3. The van der Waals surface area contributed by atoms with Crippen molar-refractivity contribution in [2.75, 3.05) is 7.11 Å². The molecule has 5 heteroatoms. The van der Waals surface area contributed by atoms with Crippen LogP contribution in [-0.4, -0.2) is 22.9 Å². The van der Waals surface area contributed by atoms with Gasteiger partial charge in [0, 0.05) is 18.8 Å². The molecule has 1 heterocycles. The third kappa shape index (κ3) is 2.68. The zero-order valence-corrected chi connectivity index (χ0v) is 9.76. The SMILES string of the molecule is COc1nccnc1C(=O)Cc1ccc(F)cc1. The second-order valence-corrected chi connectivity index (χ2v) is 3.64. The van der Waals surface area contributed by atoms with E-state index in [1.807, 2.05) is 0 Å². The first kappa shape index (κ1) is 12.2. The quantitative estimate of drug-likeness (QED) is 0.775. The maximum Gasteiger partial charge on any atom is 0.243 e. The van der Waals surface area contributed by atoms with E-state index in [0.29, 0.717) is 5.56 Å². The Morgan fingerprint density at radius 2 is 1.89 bits per heavy atom. The van der Waals surface area contributed by atoms with Gasteiger partial charge in [-0.05, 0) is 17.7 Å². The Morgan fingerprint density at radius 1 is 1.22 bits per heavy atom. The summed E-state index contributed by atoms with van der Waals surface area (Å²) in [5, 5.41) is 0. The van der Waals surface area contributed by atoms with Crippen LogP contribution in [0.5, 0.6) is 5.88 Å². The number of benzene rings is 1. The lowest BCUT2D eigenvalue weighted by atomic mass is 10.1. The number of hydrogen-bond acceptors (Lipinski definition) is 4. The Morgan fingerprint density at radius 3 is 2.56 bits per heavy atom. The van der Waals surface area contributed by atoms with E-state index in [9.17, 15) is 9.18 Å². The lowest BCUT2D eigenvalue weighted by molar-refractivity contribution is 0.0984. The van der Waals surface area contributed by atoms with Gasteiger partial charge in [0.2, 0.25) is 5.88 Å². The number of ether oxygens (including phenoxy) is 1. The van der Waals surface area contributed by atoms with Gasteiger partial charge < -0.3 is 4.74 Å². The van der Waals surface area contributed by atoms with Crippen LogP contribution in [0, 0.1) is 5.82 Å². The molecular formula is C13H11FN2O2. The Bertz CT molecular complexity index is 555. The zero-order chi connectivity index (χ0) is 13.0. The molecule has 0 atom stereocenters. The minimum Gasteiger partial charge on any atom is -0.479 e. The fourth-order valence-electron chi connectivity index (χ4n) is 1.54. The van der Waals surface area contributed by atoms with Crippen molar-refractivity contribution < 1.29 is 13.9 Å². The van der Waals surface area contributed by atoms with E-state index in [2.05, 4.69) is 9.97 Å². The molecule has 0 saturated heterocycles. The molecule has 0 aliphatic heterocycles. The van der Waals surface area contributed by atoms with Gasteiger partial charge in [-0.15, -0.1) is 0 Å². The molecule has 2 rings (SSSR count). The van der Waals surface area contributed by atoms with Crippen molar-refractivity contribution in [1.82, 2.24) is 9.97 Å². The number of methoxy groups -OCH3 is 1. The van der Waals surface area contributed by atoms with Crippen LogP contribution in [0.1, 0.15) is 16.1 Å². The summed E-state index contributed by atoms with van der Waals surface area (Å²) in [5.74, 6) is -0.348. The number of aromatic nitrogens is 2. The largest absolute Gasteiger partial charge is 0.479 e. The van der Waals surface area contributed by atoms with Crippen LogP contribution in [0.4, 0.5) is 4.39 Å². The molecule has 18 heavy (non-hydrogen) atoms. The lowest BCUT2D eigenvalue weighted by Crippen LogP contribution is -2.09. The van der Waals surface area contributed by atoms with E-state index >= 15 is 0 Å². The number of carbonyl (C=O) groups excluding carboxylic acids is 1. The van der Waals surface area contributed by atoms with Crippen LogP contribution in [0.2, 0.25) is 0 Å². The summed E-state index contributed by atoms with van der Waals surface area (Å²) in [6.45, 7) is 0. The number of rotatable bonds is 4. The van der Waals surface area contributed by atoms with E-state index in [1.165, 1.54) is 31.6 Å². The number of ketones is 1. The van der Waals surface area contributed by atoms with Crippen LogP contribution in [0.3, 0.4) is 0 Å². The number of Topliss-reactive ketones (excluding diaryl/α,β-unsaturated/α-hetero) is 1. The first-order valence-electron chi connectivity index (χ1n) is 5.33. The maximum atomic E-state index is 12.7. The van der Waals surface area contributed by atoms with Gasteiger partial charge >= 0.3 is 0 Å². The van der Waals surface area contributed by atoms with Gasteiger partial charge in [-0.1, -0.05) is 12.1 Å². The van der Waals surface area contributed by atoms with E-state index in [-0.39, 0.29) is 29.6 Å². The average Bonchev–Trinajstić information content (AvgIpc) is 2.41. The van der Waals surface area contributed by atoms with Gasteiger partial charge in [-0.2, -0.15) is 0 Å². The van der Waals surface area contributed by atoms with Crippen molar-refractivity contribution in [1.29, 1.82) is 0 Å². The molecule has 1 aromatic carbocycles. The third-order valence-corrected chi connectivity index (χ3v) is 2.40. The minimum atomic E-state index is -0.330. The molecule has 0 saturated carbocycles. The van der Waals surface area contributed by atoms with Crippen molar-refractivity contribution in [2.24, 2.45) is 0 Å². The molecule has 92 valence electrons. The molecule has 1 aromatic heterocycles. The monoisotopic (exact) mass is 246 g/mol. The highest BCUT2D eigenvalue weighted by Gasteiger charge is 2.15. The molecule has 2 aromatic rings. The molecule has 0 aliphatic carbocycles. The van der Waals surface area contributed by atoms with Gasteiger partial charge in [0.05, 0.1) is 7.11 Å². The molecule has 0 radical (unpaired) electrons. The Kier molecular flexibility index (Phi) is 3.62. The Balaban J connectivity index is 2.19. The van der Waals surface area contributed by atoms with Crippen molar-refractivity contribution in [3.63, 3.8) is 0 Å². The first-order chi connectivity index (χ1) is 8.70. The molecular weight excluding hydrogens is 235 g/mol. The summed E-state index contributed by atoms with van der Waals surface area (Å²) in [5.41, 5.74) is 0.901. The van der Waals surface area contributed by atoms with Gasteiger partial charge in [0.1, 0.15) is 5.82 Å². The Hall–Kier alpha value is -2.30. The second kappa shape index (κ2) is 5.35. The molecule has 0 N–H and O–H groups in total. The van der Waals surface area contributed by atoms with Gasteiger partial charge in [0.15, 0.2) is 11.5 Å². The molecule has 0 fully saturated rings. The van der Waals surface area contributed by atoms with Crippen molar-refractivity contribution in [2.45, 2.75) is 6.42 Å². The highest BCUT2D eigenvalue weighted by Crippen LogP contribution is 2.14. The number of hydrogen-bond donors (Lipinski definition) is 0. The van der Waals surface area contributed by atoms with Gasteiger partial charge in [-0.25, -0.2) is 14.4 Å². The molecule has 0 bridgehead atoms. The fraction of sp³-hybridized carbons (Fsp3) is 0.154. The molecule has 4 nitrogen and oxygen atoms in total. The van der Waals surface area contributed by atoms with Crippen LogP contribution in [0.25, 0.3) is 0 Å². The average molecular weight is 246 g/mol. The number of carbonyl (C=O) groups is 1.